The molecule has 0 aromatic heterocycles. The van der Waals surface area contributed by atoms with Crippen molar-refractivity contribution >= 4 is 11.8 Å². The van der Waals surface area contributed by atoms with Gasteiger partial charge in [0.1, 0.15) is 5.54 Å². The van der Waals surface area contributed by atoms with E-state index in [1.807, 2.05) is 13.0 Å². The van der Waals surface area contributed by atoms with Crippen LogP contribution in [0.15, 0.2) is 29.4 Å². The van der Waals surface area contributed by atoms with E-state index in [2.05, 4.69) is 5.16 Å². The number of carboxylic acids is 1. The van der Waals surface area contributed by atoms with Gasteiger partial charge in [0.15, 0.2) is 5.84 Å². The second kappa shape index (κ2) is 5.92. The van der Waals surface area contributed by atoms with Gasteiger partial charge < -0.3 is 16.0 Å². The molecule has 6 nitrogen and oxygen atoms in total. The number of hydrogen-bond donors (Lipinski definition) is 3. The molecule has 4 N–H and O–H groups in total. The van der Waals surface area contributed by atoms with E-state index in [0.717, 1.165) is 5.56 Å². The van der Waals surface area contributed by atoms with Crippen LogP contribution in [-0.4, -0.2) is 39.6 Å². The first-order valence-electron chi connectivity index (χ1n) is 6.26. The standard InChI is InChI=1S/C14H21N3O3/c1-9(17(4)14(2,3)13(18)19)10-6-5-7-11(8-10)12(15)16-20/h5-9,20H,1-4H3,(H2,15,16)(H,18,19). The maximum absolute atomic E-state index is 11.3. The van der Waals surface area contributed by atoms with E-state index in [0.29, 0.717) is 5.56 Å². The van der Waals surface area contributed by atoms with Crippen molar-refractivity contribution in [1.29, 1.82) is 0 Å². The minimum Gasteiger partial charge on any atom is -0.480 e. The van der Waals surface area contributed by atoms with E-state index in [-0.39, 0.29) is 11.9 Å². The number of carbonyl (C=O) groups is 1. The highest BCUT2D eigenvalue weighted by Crippen LogP contribution is 2.27. The quantitative estimate of drug-likeness (QED) is 0.329. The van der Waals surface area contributed by atoms with Gasteiger partial charge in [-0.1, -0.05) is 23.4 Å². The number of rotatable bonds is 5. The normalized spacial score (nSPS) is 14.3. The molecule has 1 aromatic carbocycles. The molecule has 0 fully saturated rings. The Balaban J connectivity index is 3.09. The summed E-state index contributed by atoms with van der Waals surface area (Å²) < 4.78 is 0. The van der Waals surface area contributed by atoms with E-state index in [4.69, 9.17) is 10.9 Å². The van der Waals surface area contributed by atoms with Crippen molar-refractivity contribution in [2.24, 2.45) is 10.9 Å². The Kier molecular flexibility index (Phi) is 4.73. The lowest BCUT2D eigenvalue weighted by molar-refractivity contribution is -0.149. The number of amidine groups is 1. The summed E-state index contributed by atoms with van der Waals surface area (Å²) in [5, 5.41) is 20.9. The Labute approximate surface area is 118 Å². The summed E-state index contributed by atoms with van der Waals surface area (Å²) in [4.78, 5) is 13.1. The zero-order valence-electron chi connectivity index (χ0n) is 12.2. The van der Waals surface area contributed by atoms with Crippen molar-refractivity contribution in [2.45, 2.75) is 32.4 Å². The zero-order chi connectivity index (χ0) is 15.5. The minimum absolute atomic E-state index is 0.0270. The number of oxime groups is 1. The Morgan fingerprint density at radius 3 is 2.55 bits per heavy atom. The fourth-order valence-electron chi connectivity index (χ4n) is 1.87. The number of nitrogens with two attached hydrogens (primary N) is 1. The summed E-state index contributed by atoms with van der Waals surface area (Å²) in [7, 11) is 1.76. The Bertz CT molecular complexity index is 526. The van der Waals surface area contributed by atoms with Crippen molar-refractivity contribution in [3.63, 3.8) is 0 Å². The molecular formula is C14H21N3O3. The van der Waals surface area contributed by atoms with E-state index in [1.54, 1.807) is 44.0 Å². The van der Waals surface area contributed by atoms with E-state index in [9.17, 15) is 9.90 Å². The predicted molar refractivity (Wildman–Crippen MR) is 76.8 cm³/mol. The molecule has 0 bridgehead atoms. The lowest BCUT2D eigenvalue weighted by atomic mass is 9.97. The summed E-state index contributed by atoms with van der Waals surface area (Å²) >= 11 is 0. The fraction of sp³-hybridized carbons (Fsp3) is 0.429. The largest absolute Gasteiger partial charge is 0.480 e. The van der Waals surface area contributed by atoms with Gasteiger partial charge in [0.25, 0.3) is 0 Å². The van der Waals surface area contributed by atoms with E-state index >= 15 is 0 Å². The van der Waals surface area contributed by atoms with Gasteiger partial charge in [0.05, 0.1) is 0 Å². The van der Waals surface area contributed by atoms with Gasteiger partial charge in [-0.3, -0.25) is 9.69 Å². The highest BCUT2D eigenvalue weighted by molar-refractivity contribution is 5.97. The number of carboxylic acid groups (broad SMARTS) is 1. The topological polar surface area (TPSA) is 99.2 Å². The van der Waals surface area contributed by atoms with Gasteiger partial charge in [-0.25, -0.2) is 0 Å². The number of nitrogens with zero attached hydrogens (tertiary/aromatic N) is 2. The molecule has 0 heterocycles. The van der Waals surface area contributed by atoms with Crippen LogP contribution < -0.4 is 5.73 Å². The van der Waals surface area contributed by atoms with Crippen LogP contribution in [0.2, 0.25) is 0 Å². The lowest BCUT2D eigenvalue weighted by Gasteiger charge is -2.36. The maximum Gasteiger partial charge on any atom is 0.323 e. The highest BCUT2D eigenvalue weighted by Gasteiger charge is 2.35. The van der Waals surface area contributed by atoms with Crippen LogP contribution >= 0.6 is 0 Å². The molecule has 0 aliphatic carbocycles. The van der Waals surface area contributed by atoms with Gasteiger partial charge >= 0.3 is 5.97 Å². The predicted octanol–water partition coefficient (Wildman–Crippen LogP) is 1.64. The summed E-state index contributed by atoms with van der Waals surface area (Å²) in [6.45, 7) is 5.22. The van der Waals surface area contributed by atoms with Crippen LogP contribution in [0.3, 0.4) is 0 Å². The van der Waals surface area contributed by atoms with Crippen LogP contribution in [0, 0.1) is 0 Å². The number of hydrogen-bond acceptors (Lipinski definition) is 4. The molecule has 0 aliphatic rings. The Hall–Kier alpha value is -2.08. The average Bonchev–Trinajstić information content (AvgIpc) is 2.44. The van der Waals surface area contributed by atoms with Crippen LogP contribution in [0.25, 0.3) is 0 Å². The third-order valence-corrected chi connectivity index (χ3v) is 3.76. The van der Waals surface area contributed by atoms with E-state index in [1.165, 1.54) is 0 Å². The van der Waals surface area contributed by atoms with Crippen LogP contribution in [0.1, 0.15) is 37.9 Å². The molecule has 1 atom stereocenters. The highest BCUT2D eigenvalue weighted by atomic mass is 16.4. The van der Waals surface area contributed by atoms with Crippen molar-refractivity contribution in [3.05, 3.63) is 35.4 Å². The smallest absolute Gasteiger partial charge is 0.323 e. The third-order valence-electron chi connectivity index (χ3n) is 3.76. The van der Waals surface area contributed by atoms with Crippen LogP contribution in [-0.2, 0) is 4.79 Å². The first-order chi connectivity index (χ1) is 9.21. The molecule has 0 aliphatic heterocycles. The number of aliphatic carboxylic acids is 1. The molecular weight excluding hydrogens is 258 g/mol. The van der Waals surface area contributed by atoms with Gasteiger partial charge in [-0.05, 0) is 39.4 Å². The number of benzene rings is 1. The number of likely N-dealkylation sites (N-methyl/N-ethyl adjacent to an activating group) is 1. The van der Waals surface area contributed by atoms with Crippen molar-refractivity contribution in [3.8, 4) is 0 Å². The van der Waals surface area contributed by atoms with Crippen molar-refractivity contribution in [1.82, 2.24) is 4.90 Å². The summed E-state index contributed by atoms with van der Waals surface area (Å²) in [5.74, 6) is -0.862. The summed E-state index contributed by atoms with van der Waals surface area (Å²) in [6.07, 6.45) is 0. The van der Waals surface area contributed by atoms with Gasteiger partial charge in [-0.15, -0.1) is 0 Å². The molecule has 1 unspecified atom stereocenters. The SMILES string of the molecule is CC(c1cccc(C(N)=NO)c1)N(C)C(C)(C)C(=O)O. The molecule has 0 amide bonds. The Morgan fingerprint density at radius 1 is 1.45 bits per heavy atom. The Morgan fingerprint density at radius 2 is 2.05 bits per heavy atom. The molecule has 0 spiro atoms. The third kappa shape index (κ3) is 3.08. The lowest BCUT2D eigenvalue weighted by Crippen LogP contribution is -2.48. The second-order valence-electron chi connectivity index (χ2n) is 5.26. The average molecular weight is 279 g/mol. The fourth-order valence-corrected chi connectivity index (χ4v) is 1.87. The maximum atomic E-state index is 11.3. The molecule has 6 heteroatoms. The van der Waals surface area contributed by atoms with E-state index < -0.39 is 11.5 Å². The zero-order valence-corrected chi connectivity index (χ0v) is 12.2. The van der Waals surface area contributed by atoms with Crippen molar-refractivity contribution in [2.75, 3.05) is 7.05 Å². The van der Waals surface area contributed by atoms with Gasteiger partial charge in [0.2, 0.25) is 0 Å². The van der Waals surface area contributed by atoms with Gasteiger partial charge in [0, 0.05) is 11.6 Å². The minimum atomic E-state index is -0.994. The monoisotopic (exact) mass is 279 g/mol. The molecule has 110 valence electrons. The molecule has 0 saturated heterocycles. The second-order valence-corrected chi connectivity index (χ2v) is 5.26. The van der Waals surface area contributed by atoms with Crippen LogP contribution in [0.4, 0.5) is 0 Å². The molecule has 0 radical (unpaired) electrons. The molecule has 1 aromatic rings. The molecule has 20 heavy (non-hydrogen) atoms. The first-order valence-corrected chi connectivity index (χ1v) is 6.26. The molecule has 1 rings (SSSR count). The summed E-state index contributed by atoms with van der Waals surface area (Å²) in [5.41, 5.74) is 6.06. The van der Waals surface area contributed by atoms with Gasteiger partial charge in [-0.2, -0.15) is 0 Å². The summed E-state index contributed by atoms with van der Waals surface area (Å²) in [6, 6.07) is 7.06. The molecule has 0 saturated carbocycles. The van der Waals surface area contributed by atoms with Crippen molar-refractivity contribution < 1.29 is 15.1 Å². The first kappa shape index (κ1) is 16.0. The van der Waals surface area contributed by atoms with Crippen LogP contribution in [0.5, 0.6) is 0 Å².